The molecule has 2 aromatic rings. The highest BCUT2D eigenvalue weighted by Crippen LogP contribution is 2.31. The van der Waals surface area contributed by atoms with Crippen LogP contribution < -0.4 is 33.8 Å². The van der Waals surface area contributed by atoms with Crippen molar-refractivity contribution in [1.82, 2.24) is 4.90 Å². The molecule has 0 saturated carbocycles. The molecule has 0 radical (unpaired) electrons. The van der Waals surface area contributed by atoms with Crippen molar-refractivity contribution >= 4 is 69.7 Å². The van der Waals surface area contributed by atoms with Crippen LogP contribution in [-0.4, -0.2) is 109 Å². The zero-order chi connectivity index (χ0) is 31.3. The Morgan fingerprint density at radius 2 is 1.30 bits per heavy atom. The normalized spacial score (nSPS) is 15.9. The molecule has 0 bridgehead atoms. The van der Waals surface area contributed by atoms with Gasteiger partial charge in [-0.1, -0.05) is 53.0 Å². The van der Waals surface area contributed by atoms with E-state index < -0.39 is 5.97 Å². The minimum atomic E-state index is -0.394. The Kier molecular flexibility index (Phi) is 18.2. The molecule has 0 N–H and O–H groups in total. The molecule has 43 heavy (non-hydrogen) atoms. The summed E-state index contributed by atoms with van der Waals surface area (Å²) in [6, 6.07) is 11.3. The first-order chi connectivity index (χ1) is 19.9. The first kappa shape index (κ1) is 39.6. The van der Waals surface area contributed by atoms with Crippen molar-refractivity contribution in [3.8, 4) is 0 Å². The minimum Gasteiger partial charge on any atom is -1.00 e. The molecular weight excluding hydrogens is 749 g/mol. The molecule has 2 saturated heterocycles. The van der Waals surface area contributed by atoms with Gasteiger partial charge in [-0.2, -0.15) is 0 Å². The summed E-state index contributed by atoms with van der Waals surface area (Å²) in [4.78, 5) is 28.0. The van der Waals surface area contributed by atoms with Crippen LogP contribution in [0.1, 0.15) is 6.42 Å². The third-order valence-corrected chi connectivity index (χ3v) is 8.35. The number of hydrogen-bond donors (Lipinski definition) is 0. The van der Waals surface area contributed by atoms with Gasteiger partial charge >= 0.3 is 11.9 Å². The summed E-state index contributed by atoms with van der Waals surface area (Å²) in [5, 5.41) is 2.78. The molecule has 0 aliphatic carbocycles. The number of quaternary nitrogens is 1. The third kappa shape index (κ3) is 13.6. The lowest BCUT2D eigenvalue weighted by molar-refractivity contribution is -0.909. The highest BCUT2D eigenvalue weighted by molar-refractivity contribution is 6.37. The van der Waals surface area contributed by atoms with Crippen molar-refractivity contribution in [3.05, 3.63) is 69.1 Å². The van der Waals surface area contributed by atoms with Gasteiger partial charge in [-0.05, 0) is 43.4 Å². The SMILES string of the molecule is C=CC(=O)OC.CN1CCN(c2ccc(Cl)cc2Cl)CC1.COC(=O)CC[N+]1(C)CCN(c2ccc(Cl)cc2Cl)CC1.[I-]. The van der Waals surface area contributed by atoms with Gasteiger partial charge in [-0.15, -0.1) is 0 Å². The number of rotatable bonds is 6. The number of nitrogens with zero attached hydrogens (tertiary/aromatic N) is 4. The first-order valence-corrected chi connectivity index (χ1v) is 15.1. The van der Waals surface area contributed by atoms with Gasteiger partial charge in [-0.25, -0.2) is 4.79 Å². The second-order valence-corrected chi connectivity index (χ2v) is 12.0. The van der Waals surface area contributed by atoms with E-state index in [9.17, 15) is 9.59 Å². The van der Waals surface area contributed by atoms with Gasteiger partial charge in [-0.3, -0.25) is 4.79 Å². The number of ether oxygens (including phenoxy) is 2. The third-order valence-electron chi connectivity index (χ3n) is 7.27. The molecule has 0 unspecified atom stereocenters. The summed E-state index contributed by atoms with van der Waals surface area (Å²) in [5.41, 5.74) is 2.12. The molecule has 240 valence electrons. The number of piperazine rings is 2. The Morgan fingerprint density at radius 3 is 1.67 bits per heavy atom. The van der Waals surface area contributed by atoms with Gasteiger partial charge < -0.3 is 52.6 Å². The molecule has 0 amide bonds. The van der Waals surface area contributed by atoms with E-state index in [1.807, 2.05) is 24.3 Å². The number of esters is 2. The zero-order valence-electron chi connectivity index (χ0n) is 25.1. The van der Waals surface area contributed by atoms with Gasteiger partial charge in [0.15, 0.2) is 0 Å². The topological polar surface area (TPSA) is 62.3 Å². The maximum atomic E-state index is 11.3. The summed E-state index contributed by atoms with van der Waals surface area (Å²) < 4.78 is 9.74. The highest BCUT2D eigenvalue weighted by atomic mass is 127. The fourth-order valence-corrected chi connectivity index (χ4v) is 5.54. The zero-order valence-corrected chi connectivity index (χ0v) is 30.3. The number of carbonyl (C=O) groups excluding carboxylic acids is 2. The van der Waals surface area contributed by atoms with Crippen LogP contribution in [0.4, 0.5) is 11.4 Å². The average molecular weight is 790 g/mol. The van der Waals surface area contributed by atoms with E-state index in [0.717, 1.165) is 85.9 Å². The summed E-state index contributed by atoms with van der Waals surface area (Å²) >= 11 is 24.2. The molecule has 13 heteroatoms. The number of benzene rings is 2. The molecule has 4 rings (SSSR count). The number of likely N-dealkylation sites (N-methyl/N-ethyl adjacent to an activating group) is 2. The molecule has 0 aromatic heterocycles. The number of anilines is 2. The Labute approximate surface area is 293 Å². The quantitative estimate of drug-likeness (QED) is 0.193. The van der Waals surface area contributed by atoms with Crippen molar-refractivity contribution in [3.63, 3.8) is 0 Å². The standard InChI is InChI=1S/C15H21Cl2N2O2.C11H14Cl2N2.C4H6O2.HI/c1-19(8-5-15(20)21-2)9-6-18(7-10-19)14-4-3-12(16)11-13(14)17;1-14-4-6-15(7-5-14)11-3-2-9(12)8-10(11)13;1-3-4(5)6-2;/h3-4,11H,5-10H2,1-2H3;2-3,8H,4-7H2,1H3;3H,1H2,2H3;1H/q+1;;;/p-1. The smallest absolute Gasteiger partial charge is 0.329 e. The Hall–Kier alpha value is -1.47. The lowest BCUT2D eigenvalue weighted by Gasteiger charge is -2.42. The lowest BCUT2D eigenvalue weighted by Crippen LogP contribution is -3.00. The fraction of sp³-hybridized carbons (Fsp3) is 0.467. The summed E-state index contributed by atoms with van der Waals surface area (Å²) in [5.74, 6) is -0.535. The second kappa shape index (κ2) is 19.8. The Morgan fingerprint density at radius 1 is 0.837 bits per heavy atom. The highest BCUT2D eigenvalue weighted by Gasteiger charge is 2.30. The minimum absolute atomic E-state index is 0. The van der Waals surface area contributed by atoms with E-state index in [1.165, 1.54) is 14.2 Å². The van der Waals surface area contributed by atoms with Crippen molar-refractivity contribution in [2.75, 3.05) is 97.0 Å². The Bertz CT molecular complexity index is 1190. The van der Waals surface area contributed by atoms with Crippen LogP contribution >= 0.6 is 46.4 Å². The molecule has 2 aliphatic rings. The molecule has 8 nitrogen and oxygen atoms in total. The van der Waals surface area contributed by atoms with Gasteiger partial charge in [0.1, 0.15) is 0 Å². The van der Waals surface area contributed by atoms with Crippen LogP contribution in [0.3, 0.4) is 0 Å². The number of methoxy groups -OCH3 is 2. The predicted molar refractivity (Wildman–Crippen MR) is 174 cm³/mol. The van der Waals surface area contributed by atoms with Crippen LogP contribution in [-0.2, 0) is 19.1 Å². The molecule has 0 atom stereocenters. The van der Waals surface area contributed by atoms with E-state index in [2.05, 4.69) is 40.1 Å². The average Bonchev–Trinajstić information content (AvgIpc) is 2.97. The molecular formula is C30H41Cl4IN4O4. The van der Waals surface area contributed by atoms with Crippen LogP contribution in [0.25, 0.3) is 0 Å². The predicted octanol–water partition coefficient (Wildman–Crippen LogP) is 2.92. The maximum absolute atomic E-state index is 11.3. The monoisotopic (exact) mass is 788 g/mol. The molecule has 0 spiro atoms. The summed E-state index contributed by atoms with van der Waals surface area (Å²) in [7, 11) is 7.07. The lowest BCUT2D eigenvalue weighted by atomic mass is 10.2. The van der Waals surface area contributed by atoms with E-state index in [1.54, 1.807) is 12.1 Å². The van der Waals surface area contributed by atoms with Crippen LogP contribution in [0.15, 0.2) is 49.1 Å². The van der Waals surface area contributed by atoms with E-state index >= 15 is 0 Å². The van der Waals surface area contributed by atoms with Crippen molar-refractivity contribution in [2.24, 2.45) is 0 Å². The van der Waals surface area contributed by atoms with Gasteiger partial charge in [0.05, 0.1) is 81.8 Å². The van der Waals surface area contributed by atoms with E-state index in [0.29, 0.717) is 21.5 Å². The summed E-state index contributed by atoms with van der Waals surface area (Å²) in [6.07, 6.45) is 1.58. The molecule has 2 heterocycles. The van der Waals surface area contributed by atoms with Crippen LogP contribution in [0.2, 0.25) is 20.1 Å². The number of halogens is 5. The van der Waals surface area contributed by atoms with Gasteiger partial charge in [0.2, 0.25) is 0 Å². The van der Waals surface area contributed by atoms with Crippen molar-refractivity contribution in [1.29, 1.82) is 0 Å². The van der Waals surface area contributed by atoms with E-state index in [4.69, 9.17) is 51.1 Å². The van der Waals surface area contributed by atoms with Gasteiger partial charge in [0, 0.05) is 42.3 Å². The van der Waals surface area contributed by atoms with Crippen molar-refractivity contribution < 1.29 is 47.5 Å². The van der Waals surface area contributed by atoms with E-state index in [-0.39, 0.29) is 29.9 Å². The van der Waals surface area contributed by atoms with Crippen LogP contribution in [0, 0.1) is 0 Å². The molecule has 2 fully saturated rings. The second-order valence-electron chi connectivity index (χ2n) is 10.3. The first-order valence-electron chi connectivity index (χ1n) is 13.6. The van der Waals surface area contributed by atoms with Gasteiger partial charge in [0.25, 0.3) is 0 Å². The van der Waals surface area contributed by atoms with Crippen molar-refractivity contribution in [2.45, 2.75) is 6.42 Å². The number of carbonyl (C=O) groups is 2. The van der Waals surface area contributed by atoms with Crippen LogP contribution in [0.5, 0.6) is 0 Å². The molecule has 2 aromatic carbocycles. The molecule has 2 aliphatic heterocycles. The summed E-state index contributed by atoms with van der Waals surface area (Å²) in [6.45, 7) is 12.0. The Balaban J connectivity index is 0.000000367. The largest absolute Gasteiger partial charge is 1.00 e. The maximum Gasteiger partial charge on any atom is 0.329 e. The number of hydrogen-bond acceptors (Lipinski definition) is 7. The fourth-order valence-electron chi connectivity index (χ4n) is 4.48.